The number of methoxy groups -OCH3 is 1. The van der Waals surface area contributed by atoms with Crippen LogP contribution in [0.25, 0.3) is 0 Å². The highest BCUT2D eigenvalue weighted by atomic mass is 16.5. The van der Waals surface area contributed by atoms with Gasteiger partial charge < -0.3 is 9.47 Å². The van der Waals surface area contributed by atoms with Crippen LogP contribution in [0.5, 0.6) is 0 Å². The fourth-order valence-corrected chi connectivity index (χ4v) is 1.69. The summed E-state index contributed by atoms with van der Waals surface area (Å²) < 4.78 is 11.8. The molecule has 5 nitrogen and oxygen atoms in total. The summed E-state index contributed by atoms with van der Waals surface area (Å²) in [6.07, 6.45) is 0. The lowest BCUT2D eigenvalue weighted by molar-refractivity contribution is 0.0593. The van der Waals surface area contributed by atoms with Crippen LogP contribution in [0.1, 0.15) is 21.7 Å². The van der Waals surface area contributed by atoms with Crippen molar-refractivity contribution in [3.05, 3.63) is 53.3 Å². The summed E-state index contributed by atoms with van der Waals surface area (Å²) >= 11 is 0. The van der Waals surface area contributed by atoms with Gasteiger partial charge in [-0.3, -0.25) is 4.68 Å². The molecule has 5 heteroatoms. The molecule has 0 aliphatic heterocycles. The van der Waals surface area contributed by atoms with Crippen molar-refractivity contribution in [3.63, 3.8) is 0 Å². The molecule has 0 amide bonds. The van der Waals surface area contributed by atoms with Crippen LogP contribution in [0.3, 0.4) is 0 Å². The minimum atomic E-state index is -0.440. The van der Waals surface area contributed by atoms with E-state index in [-0.39, 0.29) is 0 Å². The van der Waals surface area contributed by atoms with Gasteiger partial charge in [-0.05, 0) is 11.6 Å². The topological polar surface area (TPSA) is 53.4 Å². The Hall–Kier alpha value is -2.14. The number of ether oxygens (including phenoxy) is 2. The first-order valence-corrected chi connectivity index (χ1v) is 5.93. The van der Waals surface area contributed by atoms with E-state index in [1.54, 1.807) is 17.8 Å². The molecule has 0 aliphatic rings. The van der Waals surface area contributed by atoms with E-state index in [0.717, 1.165) is 11.3 Å². The Balaban J connectivity index is 1.93. The van der Waals surface area contributed by atoms with Crippen molar-refractivity contribution in [1.29, 1.82) is 0 Å². The Morgan fingerprint density at radius 2 is 2.00 bits per heavy atom. The van der Waals surface area contributed by atoms with E-state index in [9.17, 15) is 4.79 Å². The molecule has 1 aromatic carbocycles. The van der Waals surface area contributed by atoms with Crippen LogP contribution in [0.2, 0.25) is 0 Å². The fourth-order valence-electron chi connectivity index (χ4n) is 1.69. The van der Waals surface area contributed by atoms with Gasteiger partial charge >= 0.3 is 5.97 Å². The van der Waals surface area contributed by atoms with Crippen molar-refractivity contribution in [3.8, 4) is 0 Å². The van der Waals surface area contributed by atoms with Crippen LogP contribution in [-0.4, -0.2) is 22.9 Å². The third-order valence-corrected chi connectivity index (χ3v) is 2.73. The molecule has 0 atom stereocenters. The van der Waals surface area contributed by atoms with Crippen LogP contribution < -0.4 is 0 Å². The lowest BCUT2D eigenvalue weighted by Gasteiger charge is -2.04. The second-order valence-electron chi connectivity index (χ2n) is 4.11. The zero-order chi connectivity index (χ0) is 13.7. The highest BCUT2D eigenvalue weighted by Gasteiger charge is 2.12. The molecule has 0 saturated carbocycles. The van der Waals surface area contributed by atoms with Gasteiger partial charge in [-0.25, -0.2) is 4.79 Å². The number of rotatable bonds is 5. The molecular weight excluding hydrogens is 244 g/mol. The largest absolute Gasteiger partial charge is 0.464 e. The predicted molar refractivity (Wildman–Crippen MR) is 69.5 cm³/mol. The molecule has 1 heterocycles. The van der Waals surface area contributed by atoms with Gasteiger partial charge in [0, 0.05) is 7.05 Å². The van der Waals surface area contributed by atoms with Crippen molar-refractivity contribution < 1.29 is 14.3 Å². The van der Waals surface area contributed by atoms with E-state index in [4.69, 9.17) is 4.74 Å². The monoisotopic (exact) mass is 260 g/mol. The zero-order valence-corrected chi connectivity index (χ0v) is 11.0. The maximum Gasteiger partial charge on any atom is 0.358 e. The number of esters is 1. The maximum absolute atomic E-state index is 11.3. The first kappa shape index (κ1) is 13.3. The number of carbonyl (C=O) groups is 1. The smallest absolute Gasteiger partial charge is 0.358 e. The molecule has 1 aromatic heterocycles. The molecule has 0 aliphatic carbocycles. The van der Waals surface area contributed by atoms with E-state index in [1.807, 2.05) is 30.3 Å². The molecular formula is C14H16N2O3. The van der Waals surface area contributed by atoms with Crippen LogP contribution in [0, 0.1) is 0 Å². The van der Waals surface area contributed by atoms with Crippen LogP contribution >= 0.6 is 0 Å². The molecule has 0 N–H and O–H groups in total. The third-order valence-electron chi connectivity index (χ3n) is 2.73. The van der Waals surface area contributed by atoms with Gasteiger partial charge in [0.2, 0.25) is 0 Å². The predicted octanol–water partition coefficient (Wildman–Crippen LogP) is 1.92. The number of nitrogens with zero attached hydrogens (tertiary/aromatic N) is 2. The summed E-state index contributed by atoms with van der Waals surface area (Å²) in [6, 6.07) is 11.6. The Morgan fingerprint density at radius 1 is 1.26 bits per heavy atom. The summed E-state index contributed by atoms with van der Waals surface area (Å²) in [6.45, 7) is 0.926. The number of carbonyl (C=O) groups excluding carboxylic acids is 1. The highest BCUT2D eigenvalue weighted by molar-refractivity contribution is 5.87. The van der Waals surface area contributed by atoms with E-state index < -0.39 is 5.97 Å². The molecule has 0 unspecified atom stereocenters. The van der Waals surface area contributed by atoms with Gasteiger partial charge in [0.15, 0.2) is 5.69 Å². The molecule has 19 heavy (non-hydrogen) atoms. The van der Waals surface area contributed by atoms with E-state index in [0.29, 0.717) is 18.9 Å². The Kier molecular flexibility index (Phi) is 4.30. The van der Waals surface area contributed by atoms with Crippen molar-refractivity contribution >= 4 is 5.97 Å². The quantitative estimate of drug-likeness (QED) is 0.771. The fraction of sp³-hybridized carbons (Fsp3) is 0.286. The highest BCUT2D eigenvalue weighted by Crippen LogP contribution is 2.08. The van der Waals surface area contributed by atoms with Crippen molar-refractivity contribution in [1.82, 2.24) is 9.78 Å². The van der Waals surface area contributed by atoms with Crippen LogP contribution in [-0.2, 0) is 29.7 Å². The Morgan fingerprint density at radius 3 is 2.68 bits per heavy atom. The first-order valence-electron chi connectivity index (χ1n) is 5.93. The average molecular weight is 260 g/mol. The van der Waals surface area contributed by atoms with Gasteiger partial charge in [0.25, 0.3) is 0 Å². The van der Waals surface area contributed by atoms with Crippen LogP contribution in [0.15, 0.2) is 36.4 Å². The van der Waals surface area contributed by atoms with Gasteiger partial charge in [0.1, 0.15) is 0 Å². The van der Waals surface area contributed by atoms with Gasteiger partial charge in [0.05, 0.1) is 26.0 Å². The molecule has 0 fully saturated rings. The van der Waals surface area contributed by atoms with E-state index in [2.05, 4.69) is 9.84 Å². The number of aryl methyl sites for hydroxylation is 1. The summed E-state index contributed by atoms with van der Waals surface area (Å²) in [5.41, 5.74) is 2.23. The summed E-state index contributed by atoms with van der Waals surface area (Å²) in [5, 5.41) is 4.07. The lowest BCUT2D eigenvalue weighted by Crippen LogP contribution is -2.03. The van der Waals surface area contributed by atoms with Gasteiger partial charge in [-0.1, -0.05) is 30.3 Å². The third kappa shape index (κ3) is 3.42. The second kappa shape index (κ2) is 6.15. The minimum absolute atomic E-state index is 0.295. The zero-order valence-electron chi connectivity index (χ0n) is 11.0. The van der Waals surface area contributed by atoms with Crippen molar-refractivity contribution in [2.75, 3.05) is 7.11 Å². The lowest BCUT2D eigenvalue weighted by atomic mass is 10.2. The average Bonchev–Trinajstić information content (AvgIpc) is 2.81. The first-order chi connectivity index (χ1) is 9.20. The molecule has 0 bridgehead atoms. The Labute approximate surface area is 111 Å². The summed E-state index contributed by atoms with van der Waals surface area (Å²) in [7, 11) is 3.11. The molecule has 0 radical (unpaired) electrons. The van der Waals surface area contributed by atoms with Gasteiger partial charge in [-0.2, -0.15) is 5.10 Å². The molecule has 0 saturated heterocycles. The number of benzene rings is 1. The molecule has 100 valence electrons. The second-order valence-corrected chi connectivity index (χ2v) is 4.11. The number of aromatic nitrogens is 2. The normalized spacial score (nSPS) is 10.4. The summed E-state index contributed by atoms with van der Waals surface area (Å²) in [4.78, 5) is 11.3. The number of hydrogen-bond acceptors (Lipinski definition) is 4. The van der Waals surface area contributed by atoms with Crippen molar-refractivity contribution in [2.45, 2.75) is 13.2 Å². The molecule has 2 aromatic rings. The molecule has 0 spiro atoms. The SMILES string of the molecule is COC(=O)c1cc(COCc2ccccc2)n(C)n1. The maximum atomic E-state index is 11.3. The van der Waals surface area contributed by atoms with E-state index in [1.165, 1.54) is 7.11 Å². The number of hydrogen-bond donors (Lipinski definition) is 0. The van der Waals surface area contributed by atoms with Crippen molar-refractivity contribution in [2.24, 2.45) is 7.05 Å². The minimum Gasteiger partial charge on any atom is -0.464 e. The van der Waals surface area contributed by atoms with E-state index >= 15 is 0 Å². The van der Waals surface area contributed by atoms with Gasteiger partial charge in [-0.15, -0.1) is 0 Å². The summed E-state index contributed by atoms with van der Waals surface area (Å²) in [5.74, 6) is -0.440. The Bertz CT molecular complexity index is 549. The standard InChI is InChI=1S/C14H16N2O3/c1-16-12(8-13(15-16)14(17)18-2)10-19-9-11-6-4-3-5-7-11/h3-8H,9-10H2,1-2H3. The van der Waals surface area contributed by atoms with Crippen LogP contribution in [0.4, 0.5) is 0 Å². The molecule has 2 rings (SSSR count).